The molecule has 3 N–H and O–H groups in total. The predicted molar refractivity (Wildman–Crippen MR) is 143 cm³/mol. The average Bonchev–Trinajstić information content (AvgIpc) is 3.36. The number of carbonyl (C=O) groups is 3. The van der Waals surface area contributed by atoms with Gasteiger partial charge in [-0.2, -0.15) is 0 Å². The van der Waals surface area contributed by atoms with E-state index in [1.165, 1.54) is 0 Å². The molecule has 1 fully saturated rings. The van der Waals surface area contributed by atoms with E-state index in [9.17, 15) is 14.4 Å². The molecular weight excluding hydrogens is 468 g/mol. The molecule has 0 saturated carbocycles. The minimum atomic E-state index is -0.698. The number of hydrogen-bond donors (Lipinski definition) is 2. The van der Waals surface area contributed by atoms with Crippen molar-refractivity contribution in [2.75, 3.05) is 19.6 Å². The first-order chi connectivity index (χ1) is 17.8. The van der Waals surface area contributed by atoms with Crippen LogP contribution in [-0.4, -0.2) is 65.5 Å². The van der Waals surface area contributed by atoms with Gasteiger partial charge in [0.05, 0.1) is 6.04 Å². The minimum absolute atomic E-state index is 0.0959. The highest BCUT2D eigenvalue weighted by atomic mass is 16.6. The average molecular weight is 509 g/mol. The fourth-order valence-corrected chi connectivity index (χ4v) is 4.52. The fourth-order valence-electron chi connectivity index (χ4n) is 4.52. The first-order valence-electron chi connectivity index (χ1n) is 13.1. The Morgan fingerprint density at radius 1 is 1.03 bits per heavy atom. The fraction of sp³-hybridized carbons (Fsp3) is 0.483. The molecule has 1 aliphatic heterocycles. The van der Waals surface area contributed by atoms with E-state index in [0.717, 1.165) is 24.0 Å². The summed E-state index contributed by atoms with van der Waals surface area (Å²) in [5.74, 6) is -0.578. The number of nitrogens with one attached hydrogen (secondary N) is 1. The van der Waals surface area contributed by atoms with E-state index >= 15 is 0 Å². The number of nitrogens with two attached hydrogens (primary N) is 1. The molecule has 3 atom stereocenters. The Kier molecular flexibility index (Phi) is 10.5. The normalized spacial score (nSPS) is 16.8. The van der Waals surface area contributed by atoms with Gasteiger partial charge >= 0.3 is 6.09 Å². The van der Waals surface area contributed by atoms with Crippen molar-refractivity contribution in [2.24, 2.45) is 11.7 Å². The van der Waals surface area contributed by atoms with E-state index in [2.05, 4.69) is 5.32 Å². The summed E-state index contributed by atoms with van der Waals surface area (Å²) in [4.78, 5) is 42.5. The van der Waals surface area contributed by atoms with Crippen molar-refractivity contribution in [1.29, 1.82) is 0 Å². The zero-order valence-electron chi connectivity index (χ0n) is 22.1. The molecule has 37 heavy (non-hydrogen) atoms. The molecule has 0 spiro atoms. The van der Waals surface area contributed by atoms with Gasteiger partial charge in [0.15, 0.2) is 0 Å². The molecule has 3 rings (SSSR count). The van der Waals surface area contributed by atoms with Gasteiger partial charge in [0.2, 0.25) is 11.8 Å². The Labute approximate surface area is 220 Å². The van der Waals surface area contributed by atoms with Crippen molar-refractivity contribution >= 4 is 17.9 Å². The molecule has 1 saturated heterocycles. The maximum Gasteiger partial charge on any atom is 0.410 e. The van der Waals surface area contributed by atoms with Crippen LogP contribution in [-0.2, 0) is 27.4 Å². The van der Waals surface area contributed by atoms with Gasteiger partial charge in [-0.3, -0.25) is 9.59 Å². The van der Waals surface area contributed by atoms with Gasteiger partial charge in [-0.05, 0) is 43.2 Å². The number of nitrogens with zero attached hydrogens (tertiary/aromatic N) is 2. The predicted octanol–water partition coefficient (Wildman–Crippen LogP) is 3.35. The third-order valence-electron chi connectivity index (χ3n) is 6.71. The molecule has 0 aliphatic carbocycles. The number of carbonyl (C=O) groups excluding carboxylic acids is 3. The largest absolute Gasteiger partial charge is 0.445 e. The van der Waals surface area contributed by atoms with Crippen molar-refractivity contribution in [1.82, 2.24) is 15.1 Å². The van der Waals surface area contributed by atoms with Crippen LogP contribution in [0.3, 0.4) is 0 Å². The van der Waals surface area contributed by atoms with Crippen LogP contribution >= 0.6 is 0 Å². The minimum Gasteiger partial charge on any atom is -0.445 e. The maximum absolute atomic E-state index is 13.5. The van der Waals surface area contributed by atoms with Gasteiger partial charge in [0, 0.05) is 25.7 Å². The highest BCUT2D eigenvalue weighted by Gasteiger charge is 2.37. The van der Waals surface area contributed by atoms with Crippen LogP contribution in [0.4, 0.5) is 4.79 Å². The van der Waals surface area contributed by atoms with Gasteiger partial charge in [0.1, 0.15) is 12.6 Å². The lowest BCUT2D eigenvalue weighted by atomic mass is 10.0. The second kappa shape index (κ2) is 13.8. The first-order valence-corrected chi connectivity index (χ1v) is 13.1. The van der Waals surface area contributed by atoms with Crippen LogP contribution in [0.1, 0.15) is 44.7 Å². The van der Waals surface area contributed by atoms with Gasteiger partial charge in [-0.15, -0.1) is 0 Å². The monoisotopic (exact) mass is 508 g/mol. The van der Waals surface area contributed by atoms with Crippen molar-refractivity contribution in [3.05, 3.63) is 71.8 Å². The number of hydrogen-bond acceptors (Lipinski definition) is 5. The zero-order valence-corrected chi connectivity index (χ0v) is 22.1. The topological polar surface area (TPSA) is 105 Å². The third kappa shape index (κ3) is 8.32. The van der Waals surface area contributed by atoms with Crippen molar-refractivity contribution in [3.8, 4) is 0 Å². The zero-order chi connectivity index (χ0) is 26.8. The Balaban J connectivity index is 1.71. The maximum atomic E-state index is 13.5. The van der Waals surface area contributed by atoms with Crippen molar-refractivity contribution in [2.45, 2.75) is 64.8 Å². The number of likely N-dealkylation sites (tertiary alicyclic amines) is 1. The number of benzene rings is 2. The van der Waals surface area contributed by atoms with Crippen LogP contribution in [0.5, 0.6) is 0 Å². The van der Waals surface area contributed by atoms with Gasteiger partial charge < -0.3 is 25.6 Å². The molecule has 8 heteroatoms. The molecule has 2 aromatic rings. The van der Waals surface area contributed by atoms with Crippen LogP contribution < -0.4 is 11.1 Å². The Morgan fingerprint density at radius 3 is 2.24 bits per heavy atom. The Morgan fingerprint density at radius 2 is 1.65 bits per heavy atom. The lowest BCUT2D eigenvalue weighted by Crippen LogP contribution is -2.56. The highest BCUT2D eigenvalue weighted by molar-refractivity contribution is 5.90. The summed E-state index contributed by atoms with van der Waals surface area (Å²) in [5, 5.41) is 2.81. The molecule has 200 valence electrons. The van der Waals surface area contributed by atoms with E-state index in [1.807, 2.05) is 79.4 Å². The van der Waals surface area contributed by atoms with E-state index < -0.39 is 18.2 Å². The number of amides is 3. The third-order valence-corrected chi connectivity index (χ3v) is 6.71. The lowest BCUT2D eigenvalue weighted by Gasteiger charge is -2.34. The van der Waals surface area contributed by atoms with E-state index in [4.69, 9.17) is 10.5 Å². The molecule has 8 nitrogen and oxygen atoms in total. The molecule has 1 heterocycles. The molecular formula is C29H40N4O4. The lowest BCUT2D eigenvalue weighted by molar-refractivity contribution is -0.138. The number of rotatable bonds is 11. The summed E-state index contributed by atoms with van der Waals surface area (Å²) in [6, 6.07) is 18.1. The smallest absolute Gasteiger partial charge is 0.410 e. The van der Waals surface area contributed by atoms with Gasteiger partial charge in [-0.25, -0.2) is 4.79 Å². The second-order valence-corrected chi connectivity index (χ2v) is 10.1. The number of ether oxygens (including phenoxy) is 1. The van der Waals surface area contributed by atoms with E-state index in [0.29, 0.717) is 26.1 Å². The van der Waals surface area contributed by atoms with Gasteiger partial charge in [-0.1, -0.05) is 74.5 Å². The summed E-state index contributed by atoms with van der Waals surface area (Å²) in [6.45, 7) is 7.04. The standard InChI is InChI=1S/C29H40N4O4/c1-21(2)26(31-27(34)22(3)30)28(35)33-17-10-15-25(33)19-32(18-16-23-11-6-4-7-12-23)29(36)37-20-24-13-8-5-9-14-24/h4-9,11-14,21-22,25-26H,10,15-20,30H2,1-3H3,(H,31,34)/t22-,25-,26-/m0/s1. The first kappa shape index (κ1) is 28.2. The molecule has 2 aromatic carbocycles. The van der Waals surface area contributed by atoms with E-state index in [-0.39, 0.29) is 30.4 Å². The van der Waals surface area contributed by atoms with Crippen LogP contribution in [0, 0.1) is 5.92 Å². The Hall–Kier alpha value is -3.39. The van der Waals surface area contributed by atoms with E-state index in [1.54, 1.807) is 11.8 Å². The SMILES string of the molecule is CC(C)[C@H](NC(=O)[C@H](C)N)C(=O)N1CCC[C@H]1CN(CCc1ccccc1)C(=O)OCc1ccccc1. The van der Waals surface area contributed by atoms with Crippen LogP contribution in [0.15, 0.2) is 60.7 Å². The van der Waals surface area contributed by atoms with Crippen LogP contribution in [0.25, 0.3) is 0 Å². The summed E-state index contributed by atoms with van der Waals surface area (Å²) in [5.41, 5.74) is 7.77. The van der Waals surface area contributed by atoms with Crippen molar-refractivity contribution in [3.63, 3.8) is 0 Å². The van der Waals surface area contributed by atoms with Crippen LogP contribution in [0.2, 0.25) is 0 Å². The summed E-state index contributed by atoms with van der Waals surface area (Å²) >= 11 is 0. The quantitative estimate of drug-likeness (QED) is 0.484. The molecule has 0 bridgehead atoms. The second-order valence-electron chi connectivity index (χ2n) is 10.1. The molecule has 3 amide bonds. The molecule has 0 aromatic heterocycles. The Bertz CT molecular complexity index is 1010. The van der Waals surface area contributed by atoms with Crippen molar-refractivity contribution < 1.29 is 19.1 Å². The molecule has 0 unspecified atom stereocenters. The molecule has 1 aliphatic rings. The van der Waals surface area contributed by atoms with Gasteiger partial charge in [0.25, 0.3) is 0 Å². The highest BCUT2D eigenvalue weighted by Crippen LogP contribution is 2.22. The summed E-state index contributed by atoms with van der Waals surface area (Å²) in [6.07, 6.45) is 1.91. The summed E-state index contributed by atoms with van der Waals surface area (Å²) < 4.78 is 5.66. The molecule has 0 radical (unpaired) electrons. The summed E-state index contributed by atoms with van der Waals surface area (Å²) in [7, 11) is 0.